The Morgan fingerprint density at radius 1 is 0.885 bits per heavy atom. The number of carbonyl (C=O) groups is 1. The minimum Gasteiger partial charge on any atom is -0.494 e. The Labute approximate surface area is 158 Å². The largest absolute Gasteiger partial charge is 0.494 e. The maximum absolute atomic E-state index is 11.1. The van der Waals surface area contributed by atoms with Crippen LogP contribution >= 0.6 is 11.3 Å². The Morgan fingerprint density at radius 3 is 2.19 bits per heavy atom. The SMILES string of the molecule is NC(=O)c1ccc(-c2ccc(OCCCCCc3cccs3)cc2)cc1. The van der Waals surface area contributed by atoms with E-state index in [0.717, 1.165) is 29.9 Å². The molecule has 0 saturated heterocycles. The molecule has 2 aromatic carbocycles. The summed E-state index contributed by atoms with van der Waals surface area (Å²) in [7, 11) is 0. The summed E-state index contributed by atoms with van der Waals surface area (Å²) in [6.45, 7) is 0.747. The number of unbranched alkanes of at least 4 members (excludes halogenated alkanes) is 2. The summed E-state index contributed by atoms with van der Waals surface area (Å²) in [6.07, 6.45) is 4.63. The van der Waals surface area contributed by atoms with Crippen LogP contribution < -0.4 is 10.5 Å². The quantitative estimate of drug-likeness (QED) is 0.523. The van der Waals surface area contributed by atoms with E-state index >= 15 is 0 Å². The number of amides is 1. The predicted octanol–water partition coefficient (Wildman–Crippen LogP) is 5.31. The molecular formula is C22H23NO2S. The molecule has 3 rings (SSSR count). The van der Waals surface area contributed by atoms with Gasteiger partial charge in [0.15, 0.2) is 0 Å². The zero-order chi connectivity index (χ0) is 18.2. The molecular weight excluding hydrogens is 342 g/mol. The molecule has 134 valence electrons. The van der Waals surface area contributed by atoms with Crippen LogP contribution in [0.25, 0.3) is 11.1 Å². The lowest BCUT2D eigenvalue weighted by Gasteiger charge is -2.08. The number of nitrogens with two attached hydrogens (primary N) is 1. The van der Waals surface area contributed by atoms with Crippen LogP contribution in [0.2, 0.25) is 0 Å². The van der Waals surface area contributed by atoms with E-state index in [1.807, 2.05) is 47.7 Å². The van der Waals surface area contributed by atoms with Gasteiger partial charge in [0.05, 0.1) is 6.61 Å². The van der Waals surface area contributed by atoms with Gasteiger partial charge in [0.2, 0.25) is 5.91 Å². The summed E-state index contributed by atoms with van der Waals surface area (Å²) in [5, 5.41) is 2.13. The topological polar surface area (TPSA) is 52.3 Å². The molecule has 0 aliphatic rings. The Morgan fingerprint density at radius 2 is 1.58 bits per heavy atom. The summed E-state index contributed by atoms with van der Waals surface area (Å²) in [5.41, 5.74) is 7.93. The molecule has 0 radical (unpaired) electrons. The van der Waals surface area contributed by atoms with Crippen molar-refractivity contribution < 1.29 is 9.53 Å². The standard InChI is InChI=1S/C22H23NO2S/c23-22(24)19-9-7-17(8-10-19)18-11-13-20(14-12-18)25-15-3-1-2-5-21-6-4-16-26-21/h4,6-14,16H,1-3,5,15H2,(H2,23,24). The second-order valence-electron chi connectivity index (χ2n) is 6.20. The first-order valence-electron chi connectivity index (χ1n) is 8.88. The number of primary amides is 1. The lowest BCUT2D eigenvalue weighted by molar-refractivity contribution is 0.100. The van der Waals surface area contributed by atoms with Gasteiger partial charge in [-0.05, 0) is 72.5 Å². The number of aryl methyl sites for hydroxylation is 1. The molecule has 0 bridgehead atoms. The van der Waals surface area contributed by atoms with Crippen molar-refractivity contribution in [2.24, 2.45) is 5.73 Å². The van der Waals surface area contributed by atoms with E-state index in [2.05, 4.69) is 17.5 Å². The number of rotatable bonds is 9. The lowest BCUT2D eigenvalue weighted by atomic mass is 10.0. The molecule has 3 aromatic rings. The Kier molecular flexibility index (Phi) is 6.45. The van der Waals surface area contributed by atoms with Crippen LogP contribution in [0.5, 0.6) is 5.75 Å². The second-order valence-corrected chi connectivity index (χ2v) is 7.24. The van der Waals surface area contributed by atoms with Crippen molar-refractivity contribution in [3.05, 3.63) is 76.5 Å². The molecule has 0 saturated carbocycles. The van der Waals surface area contributed by atoms with Crippen molar-refractivity contribution in [3.8, 4) is 16.9 Å². The van der Waals surface area contributed by atoms with Gasteiger partial charge in [-0.2, -0.15) is 0 Å². The number of benzene rings is 2. The Balaban J connectivity index is 1.42. The first-order chi connectivity index (χ1) is 12.7. The fourth-order valence-corrected chi connectivity index (χ4v) is 3.54. The van der Waals surface area contributed by atoms with Gasteiger partial charge in [-0.25, -0.2) is 0 Å². The monoisotopic (exact) mass is 365 g/mol. The third-order valence-electron chi connectivity index (χ3n) is 4.27. The minimum absolute atomic E-state index is 0.407. The van der Waals surface area contributed by atoms with Crippen molar-refractivity contribution in [2.45, 2.75) is 25.7 Å². The van der Waals surface area contributed by atoms with Crippen LogP contribution in [0.1, 0.15) is 34.5 Å². The van der Waals surface area contributed by atoms with Crippen LogP contribution in [-0.4, -0.2) is 12.5 Å². The maximum atomic E-state index is 11.1. The number of hydrogen-bond donors (Lipinski definition) is 1. The van der Waals surface area contributed by atoms with E-state index in [1.165, 1.54) is 24.1 Å². The molecule has 26 heavy (non-hydrogen) atoms. The highest BCUT2D eigenvalue weighted by Gasteiger charge is 2.02. The summed E-state index contributed by atoms with van der Waals surface area (Å²) in [6, 6.07) is 19.7. The van der Waals surface area contributed by atoms with Crippen molar-refractivity contribution >= 4 is 17.2 Å². The molecule has 1 aromatic heterocycles. The predicted molar refractivity (Wildman–Crippen MR) is 108 cm³/mol. The van der Waals surface area contributed by atoms with Crippen LogP contribution in [0.4, 0.5) is 0 Å². The van der Waals surface area contributed by atoms with E-state index in [-0.39, 0.29) is 0 Å². The van der Waals surface area contributed by atoms with Crippen LogP contribution in [0, 0.1) is 0 Å². The number of ether oxygens (including phenoxy) is 1. The second kappa shape index (κ2) is 9.20. The number of hydrogen-bond acceptors (Lipinski definition) is 3. The molecule has 0 spiro atoms. The van der Waals surface area contributed by atoms with E-state index in [0.29, 0.717) is 5.56 Å². The zero-order valence-corrected chi connectivity index (χ0v) is 15.5. The normalized spacial score (nSPS) is 10.6. The lowest BCUT2D eigenvalue weighted by Crippen LogP contribution is -2.10. The average Bonchev–Trinajstić information content (AvgIpc) is 3.19. The molecule has 1 heterocycles. The molecule has 4 heteroatoms. The van der Waals surface area contributed by atoms with E-state index < -0.39 is 5.91 Å². The van der Waals surface area contributed by atoms with Crippen molar-refractivity contribution in [3.63, 3.8) is 0 Å². The highest BCUT2D eigenvalue weighted by Crippen LogP contribution is 2.23. The Hall–Kier alpha value is -2.59. The number of carbonyl (C=O) groups excluding carboxylic acids is 1. The molecule has 0 atom stereocenters. The fourth-order valence-electron chi connectivity index (χ4n) is 2.79. The van der Waals surface area contributed by atoms with Gasteiger partial charge in [-0.3, -0.25) is 4.79 Å². The van der Waals surface area contributed by atoms with Gasteiger partial charge in [0.25, 0.3) is 0 Å². The highest BCUT2D eigenvalue weighted by atomic mass is 32.1. The third kappa shape index (κ3) is 5.20. The molecule has 3 nitrogen and oxygen atoms in total. The van der Waals surface area contributed by atoms with Crippen LogP contribution in [-0.2, 0) is 6.42 Å². The zero-order valence-electron chi connectivity index (χ0n) is 14.7. The molecule has 0 fully saturated rings. The van der Waals surface area contributed by atoms with Gasteiger partial charge in [0.1, 0.15) is 5.75 Å². The first kappa shape index (κ1) is 18.2. The molecule has 0 aliphatic heterocycles. The van der Waals surface area contributed by atoms with E-state index in [1.54, 1.807) is 12.1 Å². The summed E-state index contributed by atoms with van der Waals surface area (Å²) >= 11 is 1.83. The third-order valence-corrected chi connectivity index (χ3v) is 5.21. The summed E-state index contributed by atoms with van der Waals surface area (Å²) < 4.78 is 5.83. The average molecular weight is 365 g/mol. The van der Waals surface area contributed by atoms with Gasteiger partial charge in [-0.1, -0.05) is 30.3 Å². The number of thiophene rings is 1. The molecule has 1 amide bonds. The first-order valence-corrected chi connectivity index (χ1v) is 9.76. The van der Waals surface area contributed by atoms with Gasteiger partial charge < -0.3 is 10.5 Å². The summed E-state index contributed by atoms with van der Waals surface area (Å²) in [4.78, 5) is 12.6. The highest BCUT2D eigenvalue weighted by molar-refractivity contribution is 7.09. The fraction of sp³-hybridized carbons (Fsp3) is 0.227. The molecule has 0 aliphatic carbocycles. The van der Waals surface area contributed by atoms with Gasteiger partial charge in [0, 0.05) is 10.4 Å². The maximum Gasteiger partial charge on any atom is 0.248 e. The van der Waals surface area contributed by atoms with Crippen molar-refractivity contribution in [1.29, 1.82) is 0 Å². The summed E-state index contributed by atoms with van der Waals surface area (Å²) in [5.74, 6) is 0.483. The van der Waals surface area contributed by atoms with Crippen molar-refractivity contribution in [2.75, 3.05) is 6.61 Å². The molecule has 2 N–H and O–H groups in total. The smallest absolute Gasteiger partial charge is 0.248 e. The Bertz CT molecular complexity index is 808. The van der Waals surface area contributed by atoms with Gasteiger partial charge >= 0.3 is 0 Å². The van der Waals surface area contributed by atoms with Crippen LogP contribution in [0.15, 0.2) is 66.0 Å². The van der Waals surface area contributed by atoms with E-state index in [9.17, 15) is 4.79 Å². The molecule has 0 unspecified atom stereocenters. The van der Waals surface area contributed by atoms with E-state index in [4.69, 9.17) is 10.5 Å². The minimum atomic E-state index is -0.407. The van der Waals surface area contributed by atoms with Crippen LogP contribution in [0.3, 0.4) is 0 Å². The van der Waals surface area contributed by atoms with Gasteiger partial charge in [-0.15, -0.1) is 11.3 Å². The van der Waals surface area contributed by atoms with Crippen molar-refractivity contribution in [1.82, 2.24) is 0 Å².